The Morgan fingerprint density at radius 2 is 2.28 bits per heavy atom. The van der Waals surface area contributed by atoms with E-state index in [-0.39, 0.29) is 18.8 Å². The van der Waals surface area contributed by atoms with Crippen LogP contribution < -0.4 is 5.73 Å². The molecule has 0 saturated carbocycles. The average molecular weight is 257 g/mol. The summed E-state index contributed by atoms with van der Waals surface area (Å²) in [6.45, 7) is 0.571. The van der Waals surface area contributed by atoms with Gasteiger partial charge in [-0.25, -0.2) is 8.78 Å². The van der Waals surface area contributed by atoms with E-state index >= 15 is 0 Å². The minimum absolute atomic E-state index is 0.00713. The minimum Gasteiger partial charge on any atom is -0.396 e. The molecule has 1 aromatic rings. The van der Waals surface area contributed by atoms with Crippen LogP contribution in [0.15, 0.2) is 18.2 Å². The van der Waals surface area contributed by atoms with Crippen molar-refractivity contribution in [2.45, 2.75) is 18.6 Å². The van der Waals surface area contributed by atoms with Crippen molar-refractivity contribution < 1.29 is 18.6 Å². The normalized spacial score (nSPS) is 31.8. The molecule has 0 aromatic heterocycles. The number of alkyl halides is 1. The number of aliphatic hydroxyl groups excluding tert-OH is 1. The Bertz CT molecular complexity index is 441. The molecule has 0 aliphatic carbocycles. The van der Waals surface area contributed by atoms with Gasteiger partial charge in [0.2, 0.25) is 0 Å². The highest BCUT2D eigenvalue weighted by molar-refractivity contribution is 5.33. The molecule has 1 saturated heterocycles. The van der Waals surface area contributed by atoms with Gasteiger partial charge < -0.3 is 15.6 Å². The standard InChI is InChI=1S/C13H17F2NO2/c1-8-3-2-4-9(12(8)15)13(16)7-18-11(5-14)10(13)6-17/h2-4,10-11,17H,5-7,16H2,1H3/t10-,11-,13-/m1/s1. The van der Waals surface area contributed by atoms with E-state index in [9.17, 15) is 13.9 Å². The summed E-state index contributed by atoms with van der Waals surface area (Å²) in [5.41, 5.74) is 5.75. The molecule has 100 valence electrons. The first kappa shape index (κ1) is 13.4. The van der Waals surface area contributed by atoms with Gasteiger partial charge in [-0.05, 0) is 12.5 Å². The van der Waals surface area contributed by atoms with Crippen LogP contribution in [0.5, 0.6) is 0 Å². The fraction of sp³-hybridized carbons (Fsp3) is 0.538. The highest BCUT2D eigenvalue weighted by Crippen LogP contribution is 2.38. The largest absolute Gasteiger partial charge is 0.396 e. The Kier molecular flexibility index (Phi) is 3.66. The third kappa shape index (κ3) is 1.92. The maximum atomic E-state index is 14.1. The highest BCUT2D eigenvalue weighted by Gasteiger charge is 2.49. The van der Waals surface area contributed by atoms with Gasteiger partial charge in [0.1, 0.15) is 12.5 Å². The second-order valence-electron chi connectivity index (χ2n) is 4.77. The van der Waals surface area contributed by atoms with Crippen LogP contribution in [0.1, 0.15) is 11.1 Å². The minimum atomic E-state index is -1.18. The number of aliphatic hydroxyl groups is 1. The first-order valence-corrected chi connectivity index (χ1v) is 5.87. The van der Waals surface area contributed by atoms with E-state index in [1.807, 2.05) is 0 Å². The molecular formula is C13H17F2NO2. The average Bonchev–Trinajstić information content (AvgIpc) is 2.70. The fourth-order valence-corrected chi connectivity index (χ4v) is 2.52. The van der Waals surface area contributed by atoms with Crippen molar-refractivity contribution in [1.29, 1.82) is 0 Å². The molecule has 1 heterocycles. The van der Waals surface area contributed by atoms with Crippen molar-refractivity contribution in [2.75, 3.05) is 19.9 Å². The third-order valence-corrected chi connectivity index (χ3v) is 3.69. The van der Waals surface area contributed by atoms with Crippen LogP contribution in [-0.4, -0.2) is 31.1 Å². The van der Waals surface area contributed by atoms with Gasteiger partial charge in [0.05, 0.1) is 24.9 Å². The Morgan fingerprint density at radius 3 is 2.89 bits per heavy atom. The maximum absolute atomic E-state index is 14.1. The highest BCUT2D eigenvalue weighted by atomic mass is 19.1. The molecule has 0 unspecified atom stereocenters. The van der Waals surface area contributed by atoms with Gasteiger partial charge in [-0.3, -0.25) is 0 Å². The first-order chi connectivity index (χ1) is 8.54. The lowest BCUT2D eigenvalue weighted by molar-refractivity contribution is 0.0525. The Balaban J connectivity index is 2.45. The Morgan fingerprint density at radius 1 is 1.56 bits per heavy atom. The van der Waals surface area contributed by atoms with Crippen molar-refractivity contribution in [3.8, 4) is 0 Å². The zero-order valence-electron chi connectivity index (χ0n) is 10.2. The molecule has 2 rings (SSSR count). The number of aryl methyl sites for hydroxylation is 1. The first-order valence-electron chi connectivity index (χ1n) is 5.87. The lowest BCUT2D eigenvalue weighted by Crippen LogP contribution is -2.47. The molecule has 0 radical (unpaired) electrons. The van der Waals surface area contributed by atoms with Crippen LogP contribution in [0.2, 0.25) is 0 Å². The Labute approximate surface area is 105 Å². The summed E-state index contributed by atoms with van der Waals surface area (Å²) >= 11 is 0. The van der Waals surface area contributed by atoms with Crippen LogP contribution in [0.4, 0.5) is 8.78 Å². The van der Waals surface area contributed by atoms with Gasteiger partial charge in [0, 0.05) is 11.5 Å². The molecule has 0 bridgehead atoms. The molecule has 1 fully saturated rings. The van der Waals surface area contributed by atoms with E-state index in [1.54, 1.807) is 25.1 Å². The molecule has 3 atom stereocenters. The summed E-state index contributed by atoms with van der Waals surface area (Å²) in [7, 11) is 0. The van der Waals surface area contributed by atoms with Crippen molar-refractivity contribution in [3.63, 3.8) is 0 Å². The van der Waals surface area contributed by atoms with Gasteiger partial charge in [-0.1, -0.05) is 18.2 Å². The quantitative estimate of drug-likeness (QED) is 0.857. The number of hydrogen-bond acceptors (Lipinski definition) is 3. The number of halogens is 2. The fourth-order valence-electron chi connectivity index (χ4n) is 2.52. The predicted molar refractivity (Wildman–Crippen MR) is 63.3 cm³/mol. The van der Waals surface area contributed by atoms with E-state index < -0.39 is 30.1 Å². The number of rotatable bonds is 3. The molecule has 0 spiro atoms. The predicted octanol–water partition coefficient (Wildman–Crippen LogP) is 1.26. The van der Waals surface area contributed by atoms with Crippen LogP contribution in [0.3, 0.4) is 0 Å². The van der Waals surface area contributed by atoms with E-state index in [0.717, 1.165) is 0 Å². The van der Waals surface area contributed by atoms with E-state index in [2.05, 4.69) is 0 Å². The molecule has 1 aliphatic heterocycles. The summed E-state index contributed by atoms with van der Waals surface area (Å²) in [6.07, 6.45) is -0.778. The van der Waals surface area contributed by atoms with Gasteiger partial charge in [0.25, 0.3) is 0 Å². The summed E-state index contributed by atoms with van der Waals surface area (Å²) in [6, 6.07) is 4.90. The van der Waals surface area contributed by atoms with Gasteiger partial charge in [-0.2, -0.15) is 0 Å². The molecular weight excluding hydrogens is 240 g/mol. The topological polar surface area (TPSA) is 55.5 Å². The van der Waals surface area contributed by atoms with Gasteiger partial charge in [0.15, 0.2) is 0 Å². The number of ether oxygens (including phenoxy) is 1. The second kappa shape index (κ2) is 4.91. The van der Waals surface area contributed by atoms with Crippen molar-refractivity contribution in [2.24, 2.45) is 11.7 Å². The van der Waals surface area contributed by atoms with Crippen molar-refractivity contribution in [3.05, 3.63) is 35.1 Å². The lowest BCUT2D eigenvalue weighted by atomic mass is 9.78. The van der Waals surface area contributed by atoms with Crippen LogP contribution in [0, 0.1) is 18.7 Å². The molecule has 3 nitrogen and oxygen atoms in total. The van der Waals surface area contributed by atoms with Crippen LogP contribution >= 0.6 is 0 Å². The van der Waals surface area contributed by atoms with E-state index in [1.165, 1.54) is 0 Å². The van der Waals surface area contributed by atoms with Crippen molar-refractivity contribution in [1.82, 2.24) is 0 Å². The lowest BCUT2D eigenvalue weighted by Gasteiger charge is -2.31. The summed E-state index contributed by atoms with van der Waals surface area (Å²) in [5.74, 6) is -1.06. The summed E-state index contributed by atoms with van der Waals surface area (Å²) in [5, 5.41) is 9.38. The monoisotopic (exact) mass is 257 g/mol. The molecule has 3 N–H and O–H groups in total. The van der Waals surface area contributed by atoms with Crippen LogP contribution in [0.25, 0.3) is 0 Å². The maximum Gasteiger partial charge on any atom is 0.131 e. The molecule has 0 amide bonds. The Hall–Kier alpha value is -1.04. The zero-order valence-corrected chi connectivity index (χ0v) is 10.2. The second-order valence-corrected chi connectivity index (χ2v) is 4.77. The molecule has 1 aliphatic rings. The van der Waals surface area contributed by atoms with E-state index in [4.69, 9.17) is 10.5 Å². The number of nitrogens with two attached hydrogens (primary N) is 1. The van der Waals surface area contributed by atoms with E-state index in [0.29, 0.717) is 5.56 Å². The van der Waals surface area contributed by atoms with Gasteiger partial charge in [-0.15, -0.1) is 0 Å². The van der Waals surface area contributed by atoms with Crippen LogP contribution in [-0.2, 0) is 10.3 Å². The number of benzene rings is 1. The van der Waals surface area contributed by atoms with Crippen molar-refractivity contribution >= 4 is 0 Å². The molecule has 5 heteroatoms. The zero-order chi connectivity index (χ0) is 13.3. The van der Waals surface area contributed by atoms with Gasteiger partial charge >= 0.3 is 0 Å². The summed E-state index contributed by atoms with van der Waals surface area (Å²) in [4.78, 5) is 0. The smallest absolute Gasteiger partial charge is 0.131 e. The summed E-state index contributed by atoms with van der Waals surface area (Å²) < 4.78 is 32.2. The number of hydrogen-bond donors (Lipinski definition) is 2. The molecule has 1 aromatic carbocycles. The SMILES string of the molecule is Cc1cccc([C@]2(N)CO[C@H](CF)[C@H]2CO)c1F. The third-order valence-electron chi connectivity index (χ3n) is 3.69. The molecule has 18 heavy (non-hydrogen) atoms.